The SMILES string of the molecule is [O]c1cccc2cnncc12. The summed E-state index contributed by atoms with van der Waals surface area (Å²) < 4.78 is 0. The number of aromatic nitrogens is 2. The number of benzene rings is 1. The van der Waals surface area contributed by atoms with E-state index in [2.05, 4.69) is 10.2 Å². The number of nitrogens with zero attached hydrogens (tertiary/aromatic N) is 2. The molecule has 3 nitrogen and oxygen atoms in total. The topological polar surface area (TPSA) is 45.7 Å². The number of hydrogen-bond donors (Lipinski definition) is 0. The van der Waals surface area contributed by atoms with Crippen molar-refractivity contribution in [1.82, 2.24) is 10.2 Å². The molecule has 0 bridgehead atoms. The fraction of sp³-hybridized carbons (Fsp3) is 0. The maximum atomic E-state index is 11.1. The molecule has 53 valence electrons. The van der Waals surface area contributed by atoms with Gasteiger partial charge in [0, 0.05) is 5.39 Å². The van der Waals surface area contributed by atoms with Gasteiger partial charge < -0.3 is 0 Å². The van der Waals surface area contributed by atoms with Gasteiger partial charge in [-0.25, -0.2) is 0 Å². The molecule has 1 aromatic carbocycles. The van der Waals surface area contributed by atoms with Crippen molar-refractivity contribution < 1.29 is 5.11 Å². The molecule has 2 aromatic rings. The van der Waals surface area contributed by atoms with Gasteiger partial charge in [-0.05, 0) is 6.07 Å². The van der Waals surface area contributed by atoms with Gasteiger partial charge in [0.05, 0.1) is 17.8 Å². The first-order valence-electron chi connectivity index (χ1n) is 3.24. The minimum Gasteiger partial charge on any atom is -0.289 e. The summed E-state index contributed by atoms with van der Waals surface area (Å²) in [5, 5.41) is 19.9. The van der Waals surface area contributed by atoms with Crippen molar-refractivity contribution in [3.63, 3.8) is 0 Å². The highest BCUT2D eigenvalue weighted by atomic mass is 16.3. The lowest BCUT2D eigenvalue weighted by Crippen LogP contribution is -1.79. The predicted octanol–water partition coefficient (Wildman–Crippen LogP) is 1.77. The summed E-state index contributed by atoms with van der Waals surface area (Å²) in [6, 6.07) is 5.07. The third-order valence-corrected chi connectivity index (χ3v) is 1.55. The van der Waals surface area contributed by atoms with Gasteiger partial charge >= 0.3 is 0 Å². The van der Waals surface area contributed by atoms with E-state index < -0.39 is 0 Å². The number of fused-ring (bicyclic) bond motifs is 1. The van der Waals surface area contributed by atoms with Crippen LogP contribution in [0.3, 0.4) is 0 Å². The zero-order valence-corrected chi connectivity index (χ0v) is 5.69. The summed E-state index contributed by atoms with van der Waals surface area (Å²) in [5.74, 6) is -0.00241. The molecular formula is C8H5N2O. The van der Waals surface area contributed by atoms with Crippen molar-refractivity contribution in [2.75, 3.05) is 0 Å². The van der Waals surface area contributed by atoms with Crippen LogP contribution < -0.4 is 0 Å². The molecule has 0 aliphatic carbocycles. The van der Waals surface area contributed by atoms with E-state index in [1.807, 2.05) is 6.07 Å². The molecule has 1 heterocycles. The largest absolute Gasteiger partial charge is 0.289 e. The molecule has 0 saturated heterocycles. The smallest absolute Gasteiger partial charge is 0.188 e. The highest BCUT2D eigenvalue weighted by Gasteiger charge is 1.98. The highest BCUT2D eigenvalue weighted by Crippen LogP contribution is 2.22. The first-order valence-corrected chi connectivity index (χ1v) is 3.24. The molecule has 0 spiro atoms. The molecular weight excluding hydrogens is 140 g/mol. The Morgan fingerprint density at radius 3 is 2.73 bits per heavy atom. The van der Waals surface area contributed by atoms with Gasteiger partial charge in [-0.1, -0.05) is 12.1 Å². The Hall–Kier alpha value is -1.64. The van der Waals surface area contributed by atoms with E-state index in [0.717, 1.165) is 5.39 Å². The van der Waals surface area contributed by atoms with E-state index in [1.165, 1.54) is 12.3 Å². The average molecular weight is 145 g/mol. The molecule has 2 rings (SSSR count). The van der Waals surface area contributed by atoms with Crippen molar-refractivity contribution in [3.05, 3.63) is 30.6 Å². The predicted molar refractivity (Wildman–Crippen MR) is 39.7 cm³/mol. The van der Waals surface area contributed by atoms with Crippen molar-refractivity contribution >= 4 is 10.8 Å². The summed E-state index contributed by atoms with van der Waals surface area (Å²) in [6.07, 6.45) is 3.06. The lowest BCUT2D eigenvalue weighted by atomic mass is 10.2. The van der Waals surface area contributed by atoms with Crippen molar-refractivity contribution in [1.29, 1.82) is 0 Å². The molecule has 1 radical (unpaired) electrons. The summed E-state index contributed by atoms with van der Waals surface area (Å²) in [6.45, 7) is 0. The Balaban J connectivity index is 2.91. The van der Waals surface area contributed by atoms with Gasteiger partial charge in [0.1, 0.15) is 0 Å². The van der Waals surface area contributed by atoms with Gasteiger partial charge in [-0.2, -0.15) is 10.2 Å². The van der Waals surface area contributed by atoms with E-state index >= 15 is 0 Å². The molecule has 0 aliphatic heterocycles. The lowest BCUT2D eigenvalue weighted by Gasteiger charge is -1.93. The zero-order chi connectivity index (χ0) is 7.68. The van der Waals surface area contributed by atoms with Gasteiger partial charge in [0.25, 0.3) is 0 Å². The standard InChI is InChI=1S/C8H5N2O/c11-8-3-1-2-6-4-9-10-5-7(6)8/h1-5H. The van der Waals surface area contributed by atoms with Crippen LogP contribution in [0.25, 0.3) is 10.8 Å². The minimum absolute atomic E-state index is 0.00241. The molecule has 3 heteroatoms. The normalized spacial score (nSPS) is 10.2. The summed E-state index contributed by atoms with van der Waals surface area (Å²) in [7, 11) is 0. The van der Waals surface area contributed by atoms with Crippen molar-refractivity contribution in [2.24, 2.45) is 0 Å². The molecule has 0 N–H and O–H groups in total. The van der Waals surface area contributed by atoms with Crippen LogP contribution in [0.4, 0.5) is 0 Å². The maximum Gasteiger partial charge on any atom is 0.188 e. The summed E-state index contributed by atoms with van der Waals surface area (Å²) in [4.78, 5) is 0. The molecule has 0 atom stereocenters. The Morgan fingerprint density at radius 2 is 1.91 bits per heavy atom. The van der Waals surface area contributed by atoms with E-state index in [9.17, 15) is 5.11 Å². The maximum absolute atomic E-state index is 11.1. The highest BCUT2D eigenvalue weighted by molar-refractivity contribution is 5.86. The van der Waals surface area contributed by atoms with E-state index in [4.69, 9.17) is 0 Å². The molecule has 0 unspecified atom stereocenters. The second-order valence-corrected chi connectivity index (χ2v) is 2.25. The van der Waals surface area contributed by atoms with E-state index in [-0.39, 0.29) is 5.75 Å². The second kappa shape index (κ2) is 2.20. The van der Waals surface area contributed by atoms with Gasteiger partial charge in [-0.3, -0.25) is 5.11 Å². The first kappa shape index (κ1) is 6.09. The Labute approximate surface area is 63.3 Å². The minimum atomic E-state index is -0.00241. The van der Waals surface area contributed by atoms with Crippen molar-refractivity contribution in [3.8, 4) is 5.75 Å². The van der Waals surface area contributed by atoms with Crippen LogP contribution in [0.1, 0.15) is 0 Å². The fourth-order valence-electron chi connectivity index (χ4n) is 0.998. The second-order valence-electron chi connectivity index (χ2n) is 2.25. The van der Waals surface area contributed by atoms with Crippen LogP contribution in [-0.2, 0) is 5.11 Å². The van der Waals surface area contributed by atoms with Crippen molar-refractivity contribution in [2.45, 2.75) is 0 Å². The lowest BCUT2D eigenvalue weighted by molar-refractivity contribution is 0.360. The van der Waals surface area contributed by atoms with Crippen LogP contribution in [-0.4, -0.2) is 10.2 Å². The number of rotatable bonds is 0. The zero-order valence-electron chi connectivity index (χ0n) is 5.69. The average Bonchev–Trinajstić information content (AvgIpc) is 2.06. The third kappa shape index (κ3) is 0.902. The third-order valence-electron chi connectivity index (χ3n) is 1.55. The van der Waals surface area contributed by atoms with E-state index in [1.54, 1.807) is 12.3 Å². The Kier molecular flexibility index (Phi) is 1.22. The molecule has 0 saturated carbocycles. The van der Waals surface area contributed by atoms with Crippen LogP contribution in [0.2, 0.25) is 0 Å². The molecule has 0 aliphatic rings. The van der Waals surface area contributed by atoms with Crippen LogP contribution in [0, 0.1) is 0 Å². The Morgan fingerprint density at radius 1 is 1.09 bits per heavy atom. The van der Waals surface area contributed by atoms with Gasteiger partial charge in [0.15, 0.2) is 5.75 Å². The monoisotopic (exact) mass is 145 g/mol. The van der Waals surface area contributed by atoms with Crippen LogP contribution >= 0.6 is 0 Å². The quantitative estimate of drug-likeness (QED) is 0.567. The molecule has 1 aromatic heterocycles. The molecule has 0 fully saturated rings. The first-order chi connectivity index (χ1) is 5.38. The van der Waals surface area contributed by atoms with Crippen LogP contribution in [0.5, 0.6) is 5.75 Å². The van der Waals surface area contributed by atoms with E-state index in [0.29, 0.717) is 5.39 Å². The summed E-state index contributed by atoms with van der Waals surface area (Å²) >= 11 is 0. The van der Waals surface area contributed by atoms with Gasteiger partial charge in [-0.15, -0.1) is 0 Å². The summed E-state index contributed by atoms with van der Waals surface area (Å²) in [5.41, 5.74) is 0. The van der Waals surface area contributed by atoms with Crippen LogP contribution in [0.15, 0.2) is 30.6 Å². The molecule has 11 heavy (non-hydrogen) atoms. The fourth-order valence-corrected chi connectivity index (χ4v) is 0.998. The van der Waals surface area contributed by atoms with Gasteiger partial charge in [0.2, 0.25) is 0 Å². The number of hydrogen-bond acceptors (Lipinski definition) is 2. The molecule has 0 amide bonds. The Bertz CT molecular complexity index is 381.